The number of benzene rings is 3. The maximum absolute atomic E-state index is 6.15. The summed E-state index contributed by atoms with van der Waals surface area (Å²) in [5.74, 6) is 0.882. The van der Waals surface area contributed by atoms with E-state index in [0.29, 0.717) is 4.83 Å². The minimum Gasteiger partial charge on any atom is -0.497 e. The summed E-state index contributed by atoms with van der Waals surface area (Å²) >= 11 is 3.81. The number of hydrogen-bond donors (Lipinski definition) is 0. The second-order valence-electron chi connectivity index (χ2n) is 5.80. The fraction of sp³-hybridized carbons (Fsp3) is 0.200. The van der Waals surface area contributed by atoms with E-state index in [0.717, 1.165) is 5.75 Å². The molecular weight excluding hydrogens is 352 g/mol. The first kappa shape index (κ1) is 14.7. The van der Waals surface area contributed by atoms with E-state index < -0.39 is 0 Å². The lowest BCUT2D eigenvalue weighted by Gasteiger charge is -2.42. The van der Waals surface area contributed by atoms with Crippen molar-refractivity contribution in [3.8, 4) is 5.75 Å². The van der Waals surface area contributed by atoms with Crippen molar-refractivity contribution in [1.29, 1.82) is 0 Å². The van der Waals surface area contributed by atoms with Crippen molar-refractivity contribution in [1.82, 2.24) is 0 Å². The third-order valence-corrected chi connectivity index (χ3v) is 5.36. The topological polar surface area (TPSA) is 18.5 Å². The van der Waals surface area contributed by atoms with Gasteiger partial charge in [-0.1, -0.05) is 64.5 Å². The summed E-state index contributed by atoms with van der Waals surface area (Å²) in [6.45, 7) is 0. The van der Waals surface area contributed by atoms with Gasteiger partial charge in [0, 0.05) is 0 Å². The van der Waals surface area contributed by atoms with Gasteiger partial charge in [0.15, 0.2) is 0 Å². The van der Waals surface area contributed by atoms with Gasteiger partial charge in [-0.25, -0.2) is 0 Å². The molecule has 0 radical (unpaired) electrons. The van der Waals surface area contributed by atoms with Crippen molar-refractivity contribution in [2.24, 2.45) is 0 Å². The Morgan fingerprint density at radius 1 is 0.826 bits per heavy atom. The van der Waals surface area contributed by atoms with Gasteiger partial charge in [-0.3, -0.25) is 0 Å². The molecule has 3 atom stereocenters. The molecule has 0 N–H and O–H groups in total. The second-order valence-corrected chi connectivity index (χ2v) is 6.86. The highest BCUT2D eigenvalue weighted by molar-refractivity contribution is 9.09. The van der Waals surface area contributed by atoms with Crippen molar-refractivity contribution < 1.29 is 9.47 Å². The Labute approximate surface area is 144 Å². The van der Waals surface area contributed by atoms with Gasteiger partial charge in [0.2, 0.25) is 0 Å². The van der Waals surface area contributed by atoms with Crippen molar-refractivity contribution in [3.05, 3.63) is 77.9 Å². The molecule has 0 spiro atoms. The van der Waals surface area contributed by atoms with Gasteiger partial charge in [0.25, 0.3) is 0 Å². The van der Waals surface area contributed by atoms with E-state index in [-0.39, 0.29) is 12.2 Å². The Kier molecular flexibility index (Phi) is 3.83. The Balaban J connectivity index is 1.58. The zero-order chi connectivity index (χ0) is 15.8. The highest BCUT2D eigenvalue weighted by Crippen LogP contribution is 2.49. The van der Waals surface area contributed by atoms with Crippen LogP contribution in [0, 0.1) is 0 Å². The molecule has 116 valence electrons. The van der Waals surface area contributed by atoms with Crippen LogP contribution in [-0.2, 0) is 4.74 Å². The first-order chi connectivity index (χ1) is 11.3. The zero-order valence-corrected chi connectivity index (χ0v) is 14.4. The number of rotatable bonds is 3. The van der Waals surface area contributed by atoms with E-state index >= 15 is 0 Å². The Hall–Kier alpha value is -1.84. The van der Waals surface area contributed by atoms with E-state index in [2.05, 4.69) is 70.5 Å². The standard InChI is InChI=1S/C20H17BrO2/c1-22-17-10-9-14-11-16(8-7-15(14)12-17)20-18(21)19(23-20)13-5-3-2-4-6-13/h2-12,18-20H,1H3/t18-,19-,20+/m0/s1. The molecule has 0 aromatic heterocycles. The summed E-state index contributed by atoms with van der Waals surface area (Å²) < 4.78 is 11.4. The van der Waals surface area contributed by atoms with Gasteiger partial charge in [-0.05, 0) is 40.1 Å². The average Bonchev–Trinajstić information content (AvgIpc) is 2.61. The van der Waals surface area contributed by atoms with Gasteiger partial charge >= 0.3 is 0 Å². The molecule has 0 unspecified atom stereocenters. The van der Waals surface area contributed by atoms with Crippen LogP contribution >= 0.6 is 15.9 Å². The van der Waals surface area contributed by atoms with Crippen molar-refractivity contribution >= 4 is 26.7 Å². The smallest absolute Gasteiger partial charge is 0.119 e. The molecule has 0 bridgehead atoms. The van der Waals surface area contributed by atoms with Crippen molar-refractivity contribution in [2.75, 3.05) is 7.11 Å². The highest BCUT2D eigenvalue weighted by Gasteiger charge is 2.42. The molecule has 3 heteroatoms. The maximum atomic E-state index is 6.15. The molecule has 3 aromatic carbocycles. The SMILES string of the molecule is COc1ccc2cc([C@H]3O[C@@H](c4ccccc4)[C@@H]3Br)ccc2c1. The van der Waals surface area contributed by atoms with E-state index in [4.69, 9.17) is 9.47 Å². The summed E-state index contributed by atoms with van der Waals surface area (Å²) in [7, 11) is 1.69. The summed E-state index contributed by atoms with van der Waals surface area (Å²) in [6.07, 6.45) is 0.208. The molecule has 0 amide bonds. The molecule has 0 saturated carbocycles. The van der Waals surface area contributed by atoms with Crippen LogP contribution in [0.4, 0.5) is 0 Å². The summed E-state index contributed by atoms with van der Waals surface area (Å²) in [5, 5.41) is 2.38. The number of fused-ring (bicyclic) bond motifs is 1. The summed E-state index contributed by atoms with van der Waals surface area (Å²) in [5.41, 5.74) is 2.42. The van der Waals surface area contributed by atoms with Gasteiger partial charge < -0.3 is 9.47 Å². The summed E-state index contributed by atoms with van der Waals surface area (Å²) in [4.78, 5) is 0.292. The van der Waals surface area contributed by atoms with Crippen LogP contribution in [0.25, 0.3) is 10.8 Å². The minimum atomic E-state index is 0.0895. The van der Waals surface area contributed by atoms with Gasteiger partial charge in [0.05, 0.1) is 24.1 Å². The van der Waals surface area contributed by atoms with Crippen LogP contribution < -0.4 is 4.74 Å². The fourth-order valence-corrected chi connectivity index (χ4v) is 3.95. The Morgan fingerprint density at radius 2 is 1.52 bits per heavy atom. The largest absolute Gasteiger partial charge is 0.497 e. The fourth-order valence-electron chi connectivity index (χ4n) is 3.09. The normalized spacial score (nSPS) is 23.5. The first-order valence-corrected chi connectivity index (χ1v) is 8.60. The number of methoxy groups -OCH3 is 1. The van der Waals surface area contributed by atoms with E-state index in [1.807, 2.05) is 12.1 Å². The van der Waals surface area contributed by atoms with Crippen LogP contribution in [-0.4, -0.2) is 11.9 Å². The zero-order valence-electron chi connectivity index (χ0n) is 12.8. The molecule has 1 heterocycles. The van der Waals surface area contributed by atoms with Crippen molar-refractivity contribution in [2.45, 2.75) is 17.0 Å². The van der Waals surface area contributed by atoms with Gasteiger partial charge in [-0.2, -0.15) is 0 Å². The van der Waals surface area contributed by atoms with Crippen LogP contribution in [0.15, 0.2) is 66.7 Å². The molecule has 1 aliphatic heterocycles. The Morgan fingerprint density at radius 3 is 2.26 bits per heavy atom. The molecule has 23 heavy (non-hydrogen) atoms. The van der Waals surface area contributed by atoms with Crippen LogP contribution in [0.1, 0.15) is 23.3 Å². The summed E-state index contributed by atoms with van der Waals surface area (Å²) in [6, 6.07) is 23.0. The Bertz CT molecular complexity index is 831. The highest BCUT2D eigenvalue weighted by atomic mass is 79.9. The number of ether oxygens (including phenoxy) is 2. The van der Waals surface area contributed by atoms with Crippen molar-refractivity contribution in [3.63, 3.8) is 0 Å². The average molecular weight is 369 g/mol. The molecule has 3 aromatic rings. The monoisotopic (exact) mass is 368 g/mol. The molecule has 0 aliphatic carbocycles. The number of hydrogen-bond acceptors (Lipinski definition) is 2. The second kappa shape index (κ2) is 5.99. The lowest BCUT2D eigenvalue weighted by molar-refractivity contribution is -0.118. The first-order valence-electron chi connectivity index (χ1n) is 7.68. The molecule has 4 rings (SSSR count). The third-order valence-electron chi connectivity index (χ3n) is 4.40. The number of halogens is 1. The molecule has 1 aliphatic rings. The molecule has 1 saturated heterocycles. The quantitative estimate of drug-likeness (QED) is 0.574. The van der Waals surface area contributed by atoms with E-state index in [9.17, 15) is 0 Å². The van der Waals surface area contributed by atoms with Crippen LogP contribution in [0.3, 0.4) is 0 Å². The molecule has 1 fully saturated rings. The molecule has 2 nitrogen and oxygen atoms in total. The molecular formula is C20H17BrO2. The van der Waals surface area contributed by atoms with E-state index in [1.165, 1.54) is 21.9 Å². The van der Waals surface area contributed by atoms with E-state index in [1.54, 1.807) is 7.11 Å². The lowest BCUT2D eigenvalue weighted by atomic mass is 9.91. The maximum Gasteiger partial charge on any atom is 0.119 e. The predicted octanol–water partition coefficient (Wildman–Crippen LogP) is 5.42. The van der Waals surface area contributed by atoms with Crippen LogP contribution in [0.2, 0.25) is 0 Å². The van der Waals surface area contributed by atoms with Gasteiger partial charge in [-0.15, -0.1) is 0 Å². The number of alkyl halides is 1. The van der Waals surface area contributed by atoms with Gasteiger partial charge in [0.1, 0.15) is 5.75 Å². The third kappa shape index (κ3) is 2.64. The minimum absolute atomic E-state index is 0.0895. The van der Waals surface area contributed by atoms with Crippen LogP contribution in [0.5, 0.6) is 5.75 Å². The predicted molar refractivity (Wildman–Crippen MR) is 96.2 cm³/mol. The lowest BCUT2D eigenvalue weighted by Crippen LogP contribution is -2.36.